The molecule has 3 nitrogen and oxygen atoms in total. The number of nitrogens with zero attached hydrogens (tertiary/aromatic N) is 2. The second-order valence-electron chi connectivity index (χ2n) is 5.77. The number of nitrogens with one attached hydrogen (secondary N) is 1. The Kier molecular flexibility index (Phi) is 5.18. The average molecular weight is 285 g/mol. The Labute approximate surface area is 128 Å². The van der Waals surface area contributed by atoms with Crippen LogP contribution in [0.5, 0.6) is 0 Å². The third-order valence-electron chi connectivity index (χ3n) is 3.97. The van der Waals surface area contributed by atoms with E-state index >= 15 is 0 Å². The van der Waals surface area contributed by atoms with E-state index in [0.29, 0.717) is 6.04 Å². The van der Waals surface area contributed by atoms with Crippen molar-refractivity contribution < 1.29 is 0 Å². The fraction of sp³-hybridized carbons (Fsp3) is 0.500. The molecule has 1 N–H and O–H groups in total. The molecule has 2 aromatic rings. The maximum Gasteiger partial charge on any atom is 0.0597 e. The molecule has 0 aliphatic heterocycles. The van der Waals surface area contributed by atoms with Crippen LogP contribution in [0.2, 0.25) is 0 Å². The van der Waals surface area contributed by atoms with Gasteiger partial charge < -0.3 is 5.32 Å². The summed E-state index contributed by atoms with van der Waals surface area (Å²) in [5.41, 5.74) is 6.49. The largest absolute Gasteiger partial charge is 0.309 e. The Morgan fingerprint density at radius 2 is 1.90 bits per heavy atom. The number of hydrogen-bond acceptors (Lipinski definition) is 2. The smallest absolute Gasteiger partial charge is 0.0597 e. The van der Waals surface area contributed by atoms with E-state index in [2.05, 4.69) is 74.0 Å². The van der Waals surface area contributed by atoms with E-state index < -0.39 is 0 Å². The van der Waals surface area contributed by atoms with Crippen LogP contribution in [-0.4, -0.2) is 16.3 Å². The quantitative estimate of drug-likeness (QED) is 0.876. The first-order valence-corrected chi connectivity index (χ1v) is 7.89. The molecule has 114 valence electrons. The van der Waals surface area contributed by atoms with Gasteiger partial charge in [0, 0.05) is 6.54 Å². The lowest BCUT2D eigenvalue weighted by Crippen LogP contribution is -2.26. The molecule has 0 spiro atoms. The fourth-order valence-electron chi connectivity index (χ4n) is 2.87. The molecule has 0 saturated heterocycles. The third-order valence-corrected chi connectivity index (χ3v) is 3.97. The van der Waals surface area contributed by atoms with Gasteiger partial charge in [-0.1, -0.05) is 30.7 Å². The lowest BCUT2D eigenvalue weighted by atomic mass is 9.97. The Bertz CT molecular complexity index is 599. The molecule has 0 fully saturated rings. The van der Waals surface area contributed by atoms with Crippen molar-refractivity contribution in [1.29, 1.82) is 0 Å². The van der Waals surface area contributed by atoms with Crippen LogP contribution in [0.3, 0.4) is 0 Å². The molecule has 3 heteroatoms. The van der Waals surface area contributed by atoms with Gasteiger partial charge in [-0.15, -0.1) is 0 Å². The zero-order valence-corrected chi connectivity index (χ0v) is 13.9. The second kappa shape index (κ2) is 6.90. The summed E-state index contributed by atoms with van der Waals surface area (Å²) < 4.78 is 2.12. The van der Waals surface area contributed by atoms with Crippen LogP contribution in [0.25, 0.3) is 0 Å². The molecule has 0 amide bonds. The lowest BCUT2D eigenvalue weighted by Gasteiger charge is -2.20. The van der Waals surface area contributed by atoms with Gasteiger partial charge >= 0.3 is 0 Å². The molecule has 21 heavy (non-hydrogen) atoms. The van der Waals surface area contributed by atoms with Crippen molar-refractivity contribution in [3.63, 3.8) is 0 Å². The van der Waals surface area contributed by atoms with Crippen molar-refractivity contribution in [3.05, 3.63) is 52.3 Å². The molecule has 1 atom stereocenters. The van der Waals surface area contributed by atoms with Crippen LogP contribution in [0.4, 0.5) is 0 Å². The predicted molar refractivity (Wildman–Crippen MR) is 88.7 cm³/mol. The van der Waals surface area contributed by atoms with Gasteiger partial charge in [0.15, 0.2) is 0 Å². The van der Waals surface area contributed by atoms with Crippen molar-refractivity contribution in [1.82, 2.24) is 15.1 Å². The standard InChI is InChI=1S/C18H27N3/c1-6-19-17(18-11-15(5)20-21(18)7-2)12-16-10-13(3)8-9-14(16)4/h8-11,17,19H,6-7,12H2,1-5H3. The maximum atomic E-state index is 4.59. The summed E-state index contributed by atoms with van der Waals surface area (Å²) in [7, 11) is 0. The van der Waals surface area contributed by atoms with Crippen molar-refractivity contribution in [3.8, 4) is 0 Å². The Balaban J connectivity index is 2.32. The van der Waals surface area contributed by atoms with Crippen LogP contribution in [0.1, 0.15) is 48.0 Å². The normalized spacial score (nSPS) is 12.6. The van der Waals surface area contributed by atoms with Gasteiger partial charge in [0.05, 0.1) is 17.4 Å². The molecule has 1 aromatic heterocycles. The first-order chi connectivity index (χ1) is 10.0. The predicted octanol–water partition coefficient (Wildman–Crippen LogP) is 3.72. The molecule has 0 aliphatic rings. The van der Waals surface area contributed by atoms with Gasteiger partial charge in [-0.2, -0.15) is 5.10 Å². The summed E-state index contributed by atoms with van der Waals surface area (Å²) in [5.74, 6) is 0. The molecular formula is C18H27N3. The molecule has 1 aromatic carbocycles. The summed E-state index contributed by atoms with van der Waals surface area (Å²) in [5, 5.41) is 8.21. The average Bonchev–Trinajstić information content (AvgIpc) is 2.83. The first-order valence-electron chi connectivity index (χ1n) is 7.89. The minimum atomic E-state index is 0.316. The minimum Gasteiger partial charge on any atom is -0.309 e. The highest BCUT2D eigenvalue weighted by molar-refractivity contribution is 5.32. The number of rotatable bonds is 6. The van der Waals surface area contributed by atoms with Gasteiger partial charge in [-0.05, 0) is 57.9 Å². The van der Waals surface area contributed by atoms with E-state index in [1.54, 1.807) is 0 Å². The number of hydrogen-bond donors (Lipinski definition) is 1. The summed E-state index contributed by atoms with van der Waals surface area (Å²) in [6, 6.07) is 9.23. The van der Waals surface area contributed by atoms with Crippen molar-refractivity contribution in [2.75, 3.05) is 6.54 Å². The topological polar surface area (TPSA) is 29.9 Å². The number of aryl methyl sites for hydroxylation is 4. The summed E-state index contributed by atoms with van der Waals surface area (Å²) >= 11 is 0. The Morgan fingerprint density at radius 3 is 2.57 bits per heavy atom. The highest BCUT2D eigenvalue weighted by Crippen LogP contribution is 2.22. The first kappa shape index (κ1) is 15.8. The fourth-order valence-corrected chi connectivity index (χ4v) is 2.87. The minimum absolute atomic E-state index is 0.316. The molecule has 2 rings (SSSR count). The van der Waals surface area contributed by atoms with Crippen molar-refractivity contribution in [2.24, 2.45) is 0 Å². The molecule has 0 bridgehead atoms. The van der Waals surface area contributed by atoms with E-state index in [1.807, 2.05) is 0 Å². The molecule has 1 heterocycles. The van der Waals surface area contributed by atoms with E-state index in [4.69, 9.17) is 0 Å². The highest BCUT2D eigenvalue weighted by Gasteiger charge is 2.17. The van der Waals surface area contributed by atoms with Gasteiger partial charge in [0.1, 0.15) is 0 Å². The van der Waals surface area contributed by atoms with Gasteiger partial charge in [0.25, 0.3) is 0 Å². The zero-order valence-electron chi connectivity index (χ0n) is 13.9. The van der Waals surface area contributed by atoms with Crippen LogP contribution < -0.4 is 5.32 Å². The summed E-state index contributed by atoms with van der Waals surface area (Å²) in [6.07, 6.45) is 1.01. The van der Waals surface area contributed by atoms with Crippen LogP contribution in [0.15, 0.2) is 24.3 Å². The molecule has 0 saturated carbocycles. The zero-order chi connectivity index (χ0) is 15.4. The van der Waals surface area contributed by atoms with Crippen LogP contribution in [0, 0.1) is 20.8 Å². The number of likely N-dealkylation sites (N-methyl/N-ethyl adjacent to an activating group) is 1. The Morgan fingerprint density at radius 1 is 1.14 bits per heavy atom. The SMILES string of the molecule is CCNC(Cc1cc(C)ccc1C)c1cc(C)nn1CC. The maximum absolute atomic E-state index is 4.59. The number of benzene rings is 1. The molecule has 0 aliphatic carbocycles. The second-order valence-corrected chi connectivity index (χ2v) is 5.77. The Hall–Kier alpha value is -1.61. The molecule has 1 unspecified atom stereocenters. The van der Waals surface area contributed by atoms with Crippen molar-refractivity contribution in [2.45, 2.75) is 53.6 Å². The van der Waals surface area contributed by atoms with Gasteiger partial charge in [-0.3, -0.25) is 4.68 Å². The monoisotopic (exact) mass is 285 g/mol. The van der Waals surface area contributed by atoms with Crippen molar-refractivity contribution >= 4 is 0 Å². The van der Waals surface area contributed by atoms with E-state index in [9.17, 15) is 0 Å². The van der Waals surface area contributed by atoms with Gasteiger partial charge in [-0.25, -0.2) is 0 Å². The molecular weight excluding hydrogens is 258 g/mol. The van der Waals surface area contributed by atoms with E-state index in [0.717, 1.165) is 25.2 Å². The van der Waals surface area contributed by atoms with Gasteiger partial charge in [0.2, 0.25) is 0 Å². The van der Waals surface area contributed by atoms with E-state index in [-0.39, 0.29) is 0 Å². The summed E-state index contributed by atoms with van der Waals surface area (Å²) in [6.45, 7) is 12.6. The molecule has 0 radical (unpaired) electrons. The van der Waals surface area contributed by atoms with Crippen LogP contribution >= 0.6 is 0 Å². The number of aromatic nitrogens is 2. The lowest BCUT2D eigenvalue weighted by molar-refractivity contribution is 0.489. The van der Waals surface area contributed by atoms with Crippen LogP contribution in [-0.2, 0) is 13.0 Å². The third kappa shape index (κ3) is 3.73. The summed E-state index contributed by atoms with van der Waals surface area (Å²) in [4.78, 5) is 0. The van der Waals surface area contributed by atoms with E-state index in [1.165, 1.54) is 22.4 Å². The highest BCUT2D eigenvalue weighted by atomic mass is 15.3.